The van der Waals surface area contributed by atoms with Crippen LogP contribution >= 0.6 is 0 Å². The minimum atomic E-state index is 0.236. The Hall–Kier alpha value is -1.35. The maximum absolute atomic E-state index is 12.1. The van der Waals surface area contributed by atoms with E-state index in [-0.39, 0.29) is 5.91 Å². The summed E-state index contributed by atoms with van der Waals surface area (Å²) >= 11 is 0. The highest BCUT2D eigenvalue weighted by atomic mass is 16.2. The normalized spacial score (nSPS) is 18.2. The van der Waals surface area contributed by atoms with Crippen molar-refractivity contribution in [2.24, 2.45) is 5.73 Å². The van der Waals surface area contributed by atoms with Gasteiger partial charge in [0.05, 0.1) is 0 Å². The molecule has 0 aliphatic carbocycles. The minimum absolute atomic E-state index is 0.236. The average Bonchev–Trinajstić information content (AvgIpc) is 2.70. The van der Waals surface area contributed by atoms with E-state index in [9.17, 15) is 4.79 Å². The van der Waals surface area contributed by atoms with Crippen molar-refractivity contribution in [1.82, 2.24) is 0 Å². The van der Waals surface area contributed by atoms with Gasteiger partial charge >= 0.3 is 0 Å². The van der Waals surface area contributed by atoms with Gasteiger partial charge in [-0.05, 0) is 31.0 Å². The molecule has 0 saturated heterocycles. The number of carbonyl (C=O) groups excluding carboxylic acids is 1. The van der Waals surface area contributed by atoms with E-state index in [0.717, 1.165) is 25.1 Å². The van der Waals surface area contributed by atoms with Gasteiger partial charge in [-0.1, -0.05) is 25.1 Å². The number of fused-ring (bicyclic) bond motifs is 1. The van der Waals surface area contributed by atoms with Crippen LogP contribution in [0.1, 0.15) is 37.7 Å². The molecule has 0 saturated carbocycles. The average molecular weight is 232 g/mol. The molecule has 92 valence electrons. The molecular formula is C14H20N2O. The van der Waals surface area contributed by atoms with Crippen molar-refractivity contribution in [3.8, 4) is 0 Å². The Labute approximate surface area is 103 Å². The van der Waals surface area contributed by atoms with Crippen LogP contribution in [-0.2, 0) is 4.79 Å². The Morgan fingerprint density at radius 2 is 2.24 bits per heavy atom. The topological polar surface area (TPSA) is 46.3 Å². The first-order valence-corrected chi connectivity index (χ1v) is 6.37. The summed E-state index contributed by atoms with van der Waals surface area (Å²) in [4.78, 5) is 14.0. The summed E-state index contributed by atoms with van der Waals surface area (Å²) in [5, 5.41) is 0. The molecule has 17 heavy (non-hydrogen) atoms. The van der Waals surface area contributed by atoms with Crippen molar-refractivity contribution < 1.29 is 4.79 Å². The zero-order valence-electron chi connectivity index (χ0n) is 10.4. The molecule has 1 atom stereocenters. The summed E-state index contributed by atoms with van der Waals surface area (Å²) in [6.45, 7) is 3.52. The maximum Gasteiger partial charge on any atom is 0.226 e. The van der Waals surface area contributed by atoms with Crippen LogP contribution in [0, 0.1) is 0 Å². The van der Waals surface area contributed by atoms with Crippen molar-refractivity contribution in [2.75, 3.05) is 18.0 Å². The Bertz CT molecular complexity index is 403. The van der Waals surface area contributed by atoms with Gasteiger partial charge in [0, 0.05) is 24.6 Å². The highest BCUT2D eigenvalue weighted by Gasteiger charge is 2.30. The fourth-order valence-electron chi connectivity index (χ4n) is 2.53. The quantitative estimate of drug-likeness (QED) is 0.865. The highest BCUT2D eigenvalue weighted by molar-refractivity contribution is 5.95. The van der Waals surface area contributed by atoms with Gasteiger partial charge in [0.15, 0.2) is 0 Å². The van der Waals surface area contributed by atoms with E-state index in [4.69, 9.17) is 5.73 Å². The molecule has 1 unspecified atom stereocenters. The number of hydrogen-bond donors (Lipinski definition) is 1. The van der Waals surface area contributed by atoms with E-state index >= 15 is 0 Å². The van der Waals surface area contributed by atoms with Gasteiger partial charge in [0.2, 0.25) is 5.91 Å². The van der Waals surface area contributed by atoms with Gasteiger partial charge in [-0.2, -0.15) is 0 Å². The summed E-state index contributed by atoms with van der Waals surface area (Å²) < 4.78 is 0. The molecule has 2 rings (SSSR count). The molecule has 1 amide bonds. The number of nitrogens with zero attached hydrogens (tertiary/aromatic N) is 1. The fraction of sp³-hybridized carbons (Fsp3) is 0.500. The number of anilines is 1. The summed E-state index contributed by atoms with van der Waals surface area (Å²) in [5.74, 6) is 0.650. The largest absolute Gasteiger partial charge is 0.330 e. The molecule has 1 aliphatic heterocycles. The van der Waals surface area contributed by atoms with E-state index in [1.807, 2.05) is 30.0 Å². The molecule has 1 aromatic rings. The number of rotatable bonds is 4. The van der Waals surface area contributed by atoms with E-state index in [0.29, 0.717) is 18.9 Å². The molecule has 3 heteroatoms. The molecule has 0 aromatic heterocycles. The number of para-hydroxylation sites is 1. The molecule has 0 fully saturated rings. The fourth-order valence-corrected chi connectivity index (χ4v) is 2.53. The van der Waals surface area contributed by atoms with Crippen molar-refractivity contribution in [2.45, 2.75) is 32.1 Å². The number of benzene rings is 1. The van der Waals surface area contributed by atoms with E-state index < -0.39 is 0 Å². The molecule has 1 heterocycles. The van der Waals surface area contributed by atoms with E-state index in [1.165, 1.54) is 5.56 Å². The molecule has 2 N–H and O–H groups in total. The minimum Gasteiger partial charge on any atom is -0.330 e. The maximum atomic E-state index is 12.1. The van der Waals surface area contributed by atoms with Crippen molar-refractivity contribution in [3.63, 3.8) is 0 Å². The van der Waals surface area contributed by atoms with Crippen molar-refractivity contribution >= 4 is 11.6 Å². The number of hydrogen-bond acceptors (Lipinski definition) is 2. The molecule has 0 spiro atoms. The van der Waals surface area contributed by atoms with Gasteiger partial charge in [0.1, 0.15) is 0 Å². The first kappa shape index (κ1) is 12.1. The van der Waals surface area contributed by atoms with Crippen LogP contribution in [0.5, 0.6) is 0 Å². The standard InChI is InChI=1S/C14H20N2O/c1-2-5-14(17)16-10-11(8-9-15)12-6-3-4-7-13(12)16/h3-4,6-7,11H,2,5,8-10,15H2,1H3. The summed E-state index contributed by atoms with van der Waals surface area (Å²) in [6.07, 6.45) is 2.48. The zero-order valence-corrected chi connectivity index (χ0v) is 10.4. The van der Waals surface area contributed by atoms with Gasteiger partial charge in [-0.25, -0.2) is 0 Å². The Kier molecular flexibility index (Phi) is 3.79. The van der Waals surface area contributed by atoms with Gasteiger partial charge in [0.25, 0.3) is 0 Å². The molecule has 3 nitrogen and oxygen atoms in total. The SMILES string of the molecule is CCCC(=O)N1CC(CCN)c2ccccc21. The lowest BCUT2D eigenvalue weighted by atomic mass is 9.98. The molecule has 1 aromatic carbocycles. The lowest BCUT2D eigenvalue weighted by Gasteiger charge is -2.17. The summed E-state index contributed by atoms with van der Waals surface area (Å²) in [6, 6.07) is 8.19. The van der Waals surface area contributed by atoms with Crippen LogP contribution in [0.2, 0.25) is 0 Å². The number of carbonyl (C=O) groups is 1. The lowest BCUT2D eigenvalue weighted by molar-refractivity contribution is -0.118. The number of amides is 1. The van der Waals surface area contributed by atoms with Crippen LogP contribution in [0.25, 0.3) is 0 Å². The van der Waals surface area contributed by atoms with Crippen LogP contribution < -0.4 is 10.6 Å². The molecule has 1 aliphatic rings. The Balaban J connectivity index is 2.25. The van der Waals surface area contributed by atoms with Crippen LogP contribution in [0.3, 0.4) is 0 Å². The molecule has 0 bridgehead atoms. The zero-order chi connectivity index (χ0) is 12.3. The summed E-state index contributed by atoms with van der Waals surface area (Å²) in [5.41, 5.74) is 8.01. The van der Waals surface area contributed by atoms with E-state index in [1.54, 1.807) is 0 Å². The van der Waals surface area contributed by atoms with E-state index in [2.05, 4.69) is 6.07 Å². The lowest BCUT2D eigenvalue weighted by Crippen LogP contribution is -2.29. The van der Waals surface area contributed by atoms with Gasteiger partial charge in [-0.3, -0.25) is 4.79 Å². The Morgan fingerprint density at radius 3 is 2.94 bits per heavy atom. The van der Waals surface area contributed by atoms with Crippen molar-refractivity contribution in [1.29, 1.82) is 0 Å². The molecule has 0 radical (unpaired) electrons. The first-order valence-electron chi connectivity index (χ1n) is 6.37. The van der Waals surface area contributed by atoms with Crippen LogP contribution in [0.4, 0.5) is 5.69 Å². The monoisotopic (exact) mass is 232 g/mol. The number of nitrogens with two attached hydrogens (primary N) is 1. The van der Waals surface area contributed by atoms with Crippen LogP contribution in [-0.4, -0.2) is 19.0 Å². The second-order valence-corrected chi connectivity index (χ2v) is 4.59. The predicted molar refractivity (Wildman–Crippen MR) is 70.1 cm³/mol. The third kappa shape index (κ3) is 2.34. The second kappa shape index (κ2) is 5.32. The van der Waals surface area contributed by atoms with Crippen molar-refractivity contribution in [3.05, 3.63) is 29.8 Å². The summed E-state index contributed by atoms with van der Waals surface area (Å²) in [7, 11) is 0. The highest BCUT2D eigenvalue weighted by Crippen LogP contribution is 2.37. The smallest absolute Gasteiger partial charge is 0.226 e. The van der Waals surface area contributed by atoms with Crippen LogP contribution in [0.15, 0.2) is 24.3 Å². The second-order valence-electron chi connectivity index (χ2n) is 4.59. The third-order valence-corrected chi connectivity index (χ3v) is 3.35. The third-order valence-electron chi connectivity index (χ3n) is 3.35. The molecular weight excluding hydrogens is 212 g/mol. The first-order chi connectivity index (χ1) is 8.27. The van der Waals surface area contributed by atoms with Gasteiger partial charge in [-0.15, -0.1) is 0 Å². The predicted octanol–water partition coefficient (Wildman–Crippen LogP) is 2.27. The Morgan fingerprint density at radius 1 is 1.47 bits per heavy atom. The van der Waals surface area contributed by atoms with Gasteiger partial charge < -0.3 is 10.6 Å².